The minimum atomic E-state index is 0. The Kier molecular flexibility index (Phi) is 9.24. The number of nitrogens with one attached hydrogen (secondary N) is 3. The molecule has 7 heteroatoms. The Bertz CT molecular complexity index is 921. The van der Waals surface area contributed by atoms with Gasteiger partial charge in [-0.05, 0) is 42.5 Å². The highest BCUT2D eigenvalue weighted by Gasteiger charge is 2.05. The standard InChI is InChI=1S/C22H29N5O.HI/c1-4-11-28-21-8-6-17(13-26-21)14-27-22(23-3)24-10-9-18-15-25-20-12-16(2)5-7-19(18)20;/h5-8,12-13,15,25H,4,9-11,14H2,1-3H3,(H2,23,24,27);1H. The lowest BCUT2D eigenvalue weighted by molar-refractivity contribution is 0.305. The third kappa shape index (κ3) is 6.62. The third-order valence-electron chi connectivity index (χ3n) is 4.54. The summed E-state index contributed by atoms with van der Waals surface area (Å²) in [5.41, 5.74) is 4.85. The molecule has 3 N–H and O–H groups in total. The maximum atomic E-state index is 5.51. The zero-order valence-corrected chi connectivity index (χ0v) is 19.6. The fourth-order valence-corrected chi connectivity index (χ4v) is 3.04. The Labute approximate surface area is 189 Å². The van der Waals surface area contributed by atoms with Crippen molar-refractivity contribution in [3.8, 4) is 5.88 Å². The monoisotopic (exact) mass is 507 g/mol. The van der Waals surface area contributed by atoms with E-state index in [1.54, 1.807) is 7.05 Å². The van der Waals surface area contributed by atoms with Gasteiger partial charge in [0.25, 0.3) is 0 Å². The predicted octanol–water partition coefficient (Wildman–Crippen LogP) is 4.19. The number of aryl methyl sites for hydroxylation is 1. The highest BCUT2D eigenvalue weighted by molar-refractivity contribution is 14.0. The number of hydrogen-bond donors (Lipinski definition) is 3. The number of nitrogens with zero attached hydrogens (tertiary/aromatic N) is 2. The Balaban J connectivity index is 0.00000300. The molecule has 29 heavy (non-hydrogen) atoms. The second-order valence-corrected chi connectivity index (χ2v) is 6.82. The molecule has 0 amide bonds. The van der Waals surface area contributed by atoms with Gasteiger partial charge in [-0.2, -0.15) is 0 Å². The first kappa shape index (κ1) is 23.0. The van der Waals surface area contributed by atoms with Gasteiger partial charge in [-0.3, -0.25) is 4.99 Å². The van der Waals surface area contributed by atoms with Gasteiger partial charge in [0, 0.05) is 49.5 Å². The number of pyridine rings is 1. The van der Waals surface area contributed by atoms with Crippen molar-refractivity contribution in [2.75, 3.05) is 20.2 Å². The lowest BCUT2D eigenvalue weighted by Gasteiger charge is -2.12. The maximum absolute atomic E-state index is 5.51. The van der Waals surface area contributed by atoms with E-state index < -0.39 is 0 Å². The van der Waals surface area contributed by atoms with Gasteiger partial charge >= 0.3 is 0 Å². The topological polar surface area (TPSA) is 74.3 Å². The fraction of sp³-hybridized carbons (Fsp3) is 0.364. The number of hydrogen-bond acceptors (Lipinski definition) is 3. The van der Waals surface area contributed by atoms with Crippen LogP contribution in [0.5, 0.6) is 5.88 Å². The van der Waals surface area contributed by atoms with Gasteiger partial charge in [-0.25, -0.2) is 4.98 Å². The average Bonchev–Trinajstić information content (AvgIpc) is 3.11. The van der Waals surface area contributed by atoms with Crippen LogP contribution in [0.1, 0.15) is 30.0 Å². The summed E-state index contributed by atoms with van der Waals surface area (Å²) in [6.07, 6.45) is 5.83. The SMILES string of the molecule is CCCOc1ccc(CNC(=NC)NCCc2c[nH]c3cc(C)ccc23)cn1.I. The summed E-state index contributed by atoms with van der Waals surface area (Å²) < 4.78 is 5.51. The van der Waals surface area contributed by atoms with E-state index in [2.05, 4.69) is 63.8 Å². The van der Waals surface area contributed by atoms with Gasteiger partial charge in [0.05, 0.1) is 6.61 Å². The van der Waals surface area contributed by atoms with Gasteiger partial charge in [-0.1, -0.05) is 25.1 Å². The number of aromatic nitrogens is 2. The fourth-order valence-electron chi connectivity index (χ4n) is 3.04. The normalized spacial score (nSPS) is 11.2. The largest absolute Gasteiger partial charge is 0.478 e. The zero-order valence-electron chi connectivity index (χ0n) is 17.3. The summed E-state index contributed by atoms with van der Waals surface area (Å²) in [6.45, 7) is 6.35. The van der Waals surface area contributed by atoms with E-state index in [0.717, 1.165) is 30.9 Å². The first-order valence-corrected chi connectivity index (χ1v) is 9.78. The molecule has 0 aliphatic rings. The molecule has 0 atom stereocenters. The molecule has 3 aromatic rings. The minimum Gasteiger partial charge on any atom is -0.478 e. The lowest BCUT2D eigenvalue weighted by atomic mass is 10.1. The van der Waals surface area contributed by atoms with Gasteiger partial charge in [-0.15, -0.1) is 24.0 Å². The number of halogens is 1. The number of rotatable bonds is 8. The molecule has 0 fully saturated rings. The summed E-state index contributed by atoms with van der Waals surface area (Å²) >= 11 is 0. The van der Waals surface area contributed by atoms with E-state index >= 15 is 0 Å². The molecule has 0 saturated heterocycles. The maximum Gasteiger partial charge on any atom is 0.213 e. The Morgan fingerprint density at radius 3 is 2.79 bits per heavy atom. The molecule has 0 spiro atoms. The van der Waals surface area contributed by atoms with Crippen LogP contribution < -0.4 is 15.4 Å². The van der Waals surface area contributed by atoms with Crippen LogP contribution in [0.4, 0.5) is 0 Å². The molecule has 2 aromatic heterocycles. The highest BCUT2D eigenvalue weighted by Crippen LogP contribution is 2.19. The summed E-state index contributed by atoms with van der Waals surface area (Å²) in [5, 5.41) is 7.98. The van der Waals surface area contributed by atoms with Crippen molar-refractivity contribution in [2.24, 2.45) is 4.99 Å². The van der Waals surface area contributed by atoms with Crippen LogP contribution in [-0.4, -0.2) is 36.1 Å². The van der Waals surface area contributed by atoms with Crippen molar-refractivity contribution in [1.82, 2.24) is 20.6 Å². The average molecular weight is 507 g/mol. The van der Waals surface area contributed by atoms with Gasteiger partial charge < -0.3 is 20.4 Å². The van der Waals surface area contributed by atoms with E-state index in [-0.39, 0.29) is 24.0 Å². The molecule has 0 aliphatic heterocycles. The molecule has 2 heterocycles. The van der Waals surface area contributed by atoms with Crippen LogP contribution in [0.25, 0.3) is 10.9 Å². The summed E-state index contributed by atoms with van der Waals surface area (Å²) in [6, 6.07) is 10.4. The Morgan fingerprint density at radius 2 is 2.07 bits per heavy atom. The second-order valence-electron chi connectivity index (χ2n) is 6.82. The van der Waals surface area contributed by atoms with Gasteiger partial charge in [0.1, 0.15) is 0 Å². The molecular formula is C22H30IN5O. The van der Waals surface area contributed by atoms with Gasteiger partial charge in [0.15, 0.2) is 5.96 Å². The van der Waals surface area contributed by atoms with Crippen LogP contribution in [0.3, 0.4) is 0 Å². The predicted molar refractivity (Wildman–Crippen MR) is 130 cm³/mol. The molecule has 0 unspecified atom stereocenters. The minimum absolute atomic E-state index is 0. The van der Waals surface area contributed by atoms with E-state index in [1.165, 1.54) is 22.0 Å². The highest BCUT2D eigenvalue weighted by atomic mass is 127. The zero-order chi connectivity index (χ0) is 19.8. The molecule has 6 nitrogen and oxygen atoms in total. The van der Waals surface area contributed by atoms with Crippen LogP contribution in [0, 0.1) is 6.92 Å². The molecule has 156 valence electrons. The summed E-state index contributed by atoms with van der Waals surface area (Å²) in [7, 11) is 1.78. The molecule has 0 aliphatic carbocycles. The summed E-state index contributed by atoms with van der Waals surface area (Å²) in [4.78, 5) is 12.0. The molecule has 3 rings (SSSR count). The van der Waals surface area contributed by atoms with Crippen molar-refractivity contribution in [3.63, 3.8) is 0 Å². The third-order valence-corrected chi connectivity index (χ3v) is 4.54. The molecule has 0 bridgehead atoms. The van der Waals surface area contributed by atoms with Crippen molar-refractivity contribution >= 4 is 40.8 Å². The molecule has 1 aromatic carbocycles. The van der Waals surface area contributed by atoms with Gasteiger partial charge in [0.2, 0.25) is 5.88 Å². The molecule has 0 saturated carbocycles. The molecular weight excluding hydrogens is 477 g/mol. The number of fused-ring (bicyclic) bond motifs is 1. The van der Waals surface area contributed by atoms with Crippen molar-refractivity contribution in [2.45, 2.75) is 33.2 Å². The Hall–Kier alpha value is -2.29. The van der Waals surface area contributed by atoms with E-state index in [9.17, 15) is 0 Å². The smallest absolute Gasteiger partial charge is 0.213 e. The number of benzene rings is 1. The Morgan fingerprint density at radius 1 is 1.21 bits per heavy atom. The number of aromatic amines is 1. The van der Waals surface area contributed by atoms with Crippen LogP contribution in [-0.2, 0) is 13.0 Å². The number of H-pyrrole nitrogens is 1. The number of aliphatic imine (C=N–C) groups is 1. The number of guanidine groups is 1. The van der Waals surface area contributed by atoms with Crippen LogP contribution in [0.2, 0.25) is 0 Å². The number of ether oxygens (including phenoxy) is 1. The summed E-state index contributed by atoms with van der Waals surface area (Å²) in [5.74, 6) is 1.45. The first-order chi connectivity index (χ1) is 13.7. The first-order valence-electron chi connectivity index (χ1n) is 9.78. The van der Waals surface area contributed by atoms with E-state index in [1.807, 2.05) is 18.3 Å². The molecule has 0 radical (unpaired) electrons. The quantitative estimate of drug-likeness (QED) is 0.243. The van der Waals surface area contributed by atoms with Crippen LogP contribution in [0.15, 0.2) is 47.7 Å². The lowest BCUT2D eigenvalue weighted by Crippen LogP contribution is -2.37. The van der Waals surface area contributed by atoms with Crippen molar-refractivity contribution < 1.29 is 4.74 Å². The van der Waals surface area contributed by atoms with Crippen molar-refractivity contribution in [3.05, 3.63) is 59.4 Å². The second kappa shape index (κ2) is 11.6. The van der Waals surface area contributed by atoms with E-state index in [0.29, 0.717) is 19.0 Å². The van der Waals surface area contributed by atoms with E-state index in [4.69, 9.17) is 4.74 Å². The van der Waals surface area contributed by atoms with Crippen molar-refractivity contribution in [1.29, 1.82) is 0 Å². The van der Waals surface area contributed by atoms with Crippen LogP contribution >= 0.6 is 24.0 Å².